The van der Waals surface area contributed by atoms with Crippen LogP contribution in [0.5, 0.6) is 0 Å². The van der Waals surface area contributed by atoms with Gasteiger partial charge in [-0.2, -0.15) is 0 Å². The number of hydrogen-bond donors (Lipinski definition) is 1. The number of carbonyl (C=O) groups is 1. The third kappa shape index (κ3) is 5.48. The van der Waals surface area contributed by atoms with Crippen molar-refractivity contribution in [3.05, 3.63) is 75.8 Å². The number of nitrogens with zero attached hydrogens (tertiary/aromatic N) is 1. The van der Waals surface area contributed by atoms with Crippen LogP contribution < -0.4 is 5.32 Å². The van der Waals surface area contributed by atoms with E-state index in [4.69, 9.17) is 4.74 Å². The lowest BCUT2D eigenvalue weighted by Crippen LogP contribution is -2.26. The molecule has 6 heteroatoms. The first-order valence-electron chi connectivity index (χ1n) is 7.82. The Morgan fingerprint density at radius 3 is 2.50 bits per heavy atom. The number of nitro groups is 1. The van der Waals surface area contributed by atoms with Crippen molar-refractivity contribution in [3.8, 4) is 0 Å². The fourth-order valence-corrected chi connectivity index (χ4v) is 2.23. The van der Waals surface area contributed by atoms with Gasteiger partial charge in [-0.15, -0.1) is 0 Å². The van der Waals surface area contributed by atoms with Gasteiger partial charge in [0.25, 0.3) is 11.6 Å². The molecule has 6 nitrogen and oxygen atoms in total. The number of ether oxygens (including phenoxy) is 1. The minimum absolute atomic E-state index is 0.0764. The molecule has 0 saturated heterocycles. The van der Waals surface area contributed by atoms with E-state index in [1.165, 1.54) is 23.8 Å². The van der Waals surface area contributed by atoms with Crippen molar-refractivity contribution in [2.45, 2.75) is 12.8 Å². The Labute approximate surface area is 140 Å². The topological polar surface area (TPSA) is 81.5 Å². The molecule has 2 aromatic carbocycles. The van der Waals surface area contributed by atoms with Gasteiger partial charge in [0.05, 0.1) is 11.5 Å². The monoisotopic (exact) mass is 328 g/mol. The average molecular weight is 328 g/mol. The van der Waals surface area contributed by atoms with Gasteiger partial charge in [0, 0.05) is 19.2 Å². The van der Waals surface area contributed by atoms with Gasteiger partial charge >= 0.3 is 0 Å². The summed E-state index contributed by atoms with van der Waals surface area (Å²) in [6.07, 6.45) is 1.50. The fourth-order valence-electron chi connectivity index (χ4n) is 2.23. The van der Waals surface area contributed by atoms with Crippen LogP contribution in [-0.2, 0) is 11.2 Å². The summed E-state index contributed by atoms with van der Waals surface area (Å²) in [5, 5.41) is 13.6. The Morgan fingerprint density at radius 2 is 1.75 bits per heavy atom. The molecule has 0 heterocycles. The normalized spacial score (nSPS) is 10.3. The van der Waals surface area contributed by atoms with Gasteiger partial charge in [0.1, 0.15) is 5.56 Å². The van der Waals surface area contributed by atoms with E-state index in [0.717, 1.165) is 6.42 Å². The van der Waals surface area contributed by atoms with E-state index in [1.807, 2.05) is 18.2 Å². The van der Waals surface area contributed by atoms with Gasteiger partial charge < -0.3 is 10.1 Å². The second kappa shape index (κ2) is 9.42. The summed E-state index contributed by atoms with van der Waals surface area (Å²) in [4.78, 5) is 22.3. The summed E-state index contributed by atoms with van der Waals surface area (Å²) >= 11 is 0. The lowest BCUT2D eigenvalue weighted by molar-refractivity contribution is -0.385. The number of para-hydroxylation sites is 1. The van der Waals surface area contributed by atoms with Crippen LogP contribution >= 0.6 is 0 Å². The molecular formula is C18H20N2O4. The van der Waals surface area contributed by atoms with Crippen LogP contribution in [0.2, 0.25) is 0 Å². The van der Waals surface area contributed by atoms with Crippen LogP contribution in [0.3, 0.4) is 0 Å². The van der Waals surface area contributed by atoms with Crippen LogP contribution in [0.4, 0.5) is 5.69 Å². The number of nitrogens with one attached hydrogen (secondary N) is 1. The van der Waals surface area contributed by atoms with Crippen molar-refractivity contribution in [3.63, 3.8) is 0 Å². The molecule has 24 heavy (non-hydrogen) atoms. The largest absolute Gasteiger partial charge is 0.381 e. The third-order valence-electron chi connectivity index (χ3n) is 3.47. The minimum Gasteiger partial charge on any atom is -0.381 e. The van der Waals surface area contributed by atoms with E-state index < -0.39 is 10.8 Å². The molecule has 126 valence electrons. The van der Waals surface area contributed by atoms with Gasteiger partial charge in [0.15, 0.2) is 0 Å². The molecule has 0 atom stereocenters. The third-order valence-corrected chi connectivity index (χ3v) is 3.47. The maximum atomic E-state index is 12.0. The Bertz CT molecular complexity index is 674. The second-order valence-electron chi connectivity index (χ2n) is 5.23. The first-order valence-corrected chi connectivity index (χ1v) is 7.82. The van der Waals surface area contributed by atoms with Crippen LogP contribution in [-0.4, -0.2) is 30.6 Å². The van der Waals surface area contributed by atoms with Gasteiger partial charge in [0.2, 0.25) is 0 Å². The van der Waals surface area contributed by atoms with E-state index in [0.29, 0.717) is 26.2 Å². The molecular weight excluding hydrogens is 308 g/mol. The number of hydrogen-bond acceptors (Lipinski definition) is 4. The summed E-state index contributed by atoms with van der Waals surface area (Å²) in [5.41, 5.74) is 1.11. The van der Waals surface area contributed by atoms with Crippen molar-refractivity contribution in [1.82, 2.24) is 5.32 Å². The van der Waals surface area contributed by atoms with Crippen molar-refractivity contribution in [2.24, 2.45) is 0 Å². The predicted octanol–water partition coefficient (Wildman–Crippen LogP) is 2.97. The minimum atomic E-state index is -0.554. The maximum absolute atomic E-state index is 12.0. The lowest BCUT2D eigenvalue weighted by atomic mass is 10.1. The summed E-state index contributed by atoms with van der Waals surface area (Å²) in [5.74, 6) is -0.438. The zero-order chi connectivity index (χ0) is 17.2. The van der Waals surface area contributed by atoms with E-state index in [2.05, 4.69) is 17.4 Å². The molecule has 0 saturated carbocycles. The molecule has 1 amide bonds. The zero-order valence-corrected chi connectivity index (χ0v) is 13.3. The number of nitro benzene ring substituents is 1. The maximum Gasteiger partial charge on any atom is 0.282 e. The molecule has 0 aromatic heterocycles. The number of benzene rings is 2. The molecule has 2 aromatic rings. The Morgan fingerprint density at radius 1 is 1.04 bits per heavy atom. The van der Waals surface area contributed by atoms with E-state index in [1.54, 1.807) is 6.07 Å². The summed E-state index contributed by atoms with van der Waals surface area (Å²) in [6.45, 7) is 1.57. The van der Waals surface area contributed by atoms with Gasteiger partial charge in [-0.3, -0.25) is 14.9 Å². The van der Waals surface area contributed by atoms with E-state index >= 15 is 0 Å². The predicted molar refractivity (Wildman–Crippen MR) is 91.0 cm³/mol. The molecule has 1 N–H and O–H groups in total. The molecule has 0 radical (unpaired) electrons. The molecule has 0 fully saturated rings. The van der Waals surface area contributed by atoms with Crippen LogP contribution in [0, 0.1) is 10.1 Å². The second-order valence-corrected chi connectivity index (χ2v) is 5.23. The highest BCUT2D eigenvalue weighted by Crippen LogP contribution is 2.17. The smallest absolute Gasteiger partial charge is 0.282 e. The Balaban J connectivity index is 1.64. The highest BCUT2D eigenvalue weighted by atomic mass is 16.6. The highest BCUT2D eigenvalue weighted by molar-refractivity contribution is 5.98. The number of rotatable bonds is 9. The van der Waals surface area contributed by atoms with E-state index in [9.17, 15) is 14.9 Å². The first-order chi connectivity index (χ1) is 11.7. The standard InChI is InChI=1S/C18H20N2O4/c21-18(16-9-4-5-10-17(16)20(22)23)19-12-6-13-24-14-11-15-7-2-1-3-8-15/h1-5,7-10H,6,11-14H2,(H,19,21). The number of carbonyl (C=O) groups excluding carboxylic acids is 1. The highest BCUT2D eigenvalue weighted by Gasteiger charge is 2.18. The Kier molecular flexibility index (Phi) is 6.91. The number of amides is 1. The molecule has 2 rings (SSSR count). The average Bonchev–Trinajstić information content (AvgIpc) is 2.61. The van der Waals surface area contributed by atoms with Crippen molar-refractivity contribution < 1.29 is 14.5 Å². The quantitative estimate of drug-likeness (QED) is 0.436. The molecule has 0 aliphatic heterocycles. The van der Waals surface area contributed by atoms with Crippen LogP contribution in [0.1, 0.15) is 22.3 Å². The van der Waals surface area contributed by atoms with Gasteiger partial charge in [-0.05, 0) is 24.5 Å². The fraction of sp³-hybridized carbons (Fsp3) is 0.278. The molecule has 0 aliphatic rings. The van der Waals surface area contributed by atoms with Crippen molar-refractivity contribution >= 4 is 11.6 Å². The summed E-state index contributed by atoms with van der Waals surface area (Å²) < 4.78 is 5.53. The van der Waals surface area contributed by atoms with E-state index in [-0.39, 0.29) is 11.3 Å². The Hall–Kier alpha value is -2.73. The zero-order valence-electron chi connectivity index (χ0n) is 13.3. The SMILES string of the molecule is O=C(NCCCOCCc1ccccc1)c1ccccc1[N+](=O)[O-]. The molecule has 0 unspecified atom stereocenters. The van der Waals surface area contributed by atoms with Crippen LogP contribution in [0.25, 0.3) is 0 Å². The molecule has 0 spiro atoms. The van der Waals surface area contributed by atoms with Crippen molar-refractivity contribution in [2.75, 3.05) is 19.8 Å². The summed E-state index contributed by atoms with van der Waals surface area (Å²) in [7, 11) is 0. The van der Waals surface area contributed by atoms with Crippen LogP contribution in [0.15, 0.2) is 54.6 Å². The first kappa shape index (κ1) is 17.6. The molecule has 0 aliphatic carbocycles. The van der Waals surface area contributed by atoms with Gasteiger partial charge in [-0.25, -0.2) is 0 Å². The van der Waals surface area contributed by atoms with Crippen molar-refractivity contribution in [1.29, 1.82) is 0 Å². The summed E-state index contributed by atoms with van der Waals surface area (Å²) in [6, 6.07) is 16.0. The lowest BCUT2D eigenvalue weighted by Gasteiger charge is -2.07. The molecule has 0 bridgehead atoms. The van der Waals surface area contributed by atoms with Gasteiger partial charge in [-0.1, -0.05) is 42.5 Å².